The van der Waals surface area contributed by atoms with Crippen molar-refractivity contribution in [3.8, 4) is 0 Å². The van der Waals surface area contributed by atoms with E-state index in [1.165, 1.54) is 7.11 Å². The van der Waals surface area contributed by atoms with E-state index in [-0.39, 0.29) is 18.2 Å². The van der Waals surface area contributed by atoms with Crippen LogP contribution in [0.15, 0.2) is 30.3 Å². The monoisotopic (exact) mass is 315 g/mol. The van der Waals surface area contributed by atoms with Crippen LogP contribution in [0.2, 0.25) is 0 Å². The van der Waals surface area contributed by atoms with Crippen molar-refractivity contribution in [3.05, 3.63) is 36.0 Å². The fourth-order valence-electron chi connectivity index (χ4n) is 2.30. The average molecular weight is 315 g/mol. The summed E-state index contributed by atoms with van der Waals surface area (Å²) >= 11 is 0. The lowest BCUT2D eigenvalue weighted by molar-refractivity contribution is -0.146. The van der Waals surface area contributed by atoms with E-state index in [1.807, 2.05) is 32.0 Å². The highest BCUT2D eigenvalue weighted by Gasteiger charge is 2.24. The molecule has 23 heavy (non-hydrogen) atoms. The van der Waals surface area contributed by atoms with Crippen molar-refractivity contribution in [3.63, 3.8) is 0 Å². The van der Waals surface area contributed by atoms with E-state index in [4.69, 9.17) is 10.5 Å². The highest BCUT2D eigenvalue weighted by molar-refractivity contribution is 5.86. The first-order chi connectivity index (χ1) is 10.9. The molecule has 1 unspecified atom stereocenters. The number of fused-ring (bicyclic) bond motifs is 1. The number of pyridine rings is 1. The molecule has 0 bridgehead atoms. The highest BCUT2D eigenvalue weighted by Crippen LogP contribution is 2.16. The number of nitrogens with two attached hydrogens (primary N) is 1. The predicted octanol–water partition coefficient (Wildman–Crippen LogP) is 1.67. The lowest BCUT2D eigenvalue weighted by atomic mass is 10.0. The summed E-state index contributed by atoms with van der Waals surface area (Å²) in [5.41, 5.74) is 7.81. The zero-order valence-electron chi connectivity index (χ0n) is 13.5. The van der Waals surface area contributed by atoms with E-state index in [0.717, 1.165) is 10.9 Å². The van der Waals surface area contributed by atoms with E-state index in [9.17, 15) is 9.59 Å². The number of carbonyl (C=O) groups is 2. The molecule has 2 rings (SSSR count). The third-order valence-corrected chi connectivity index (χ3v) is 3.55. The SMILES string of the molecule is COC(=O)C(NC(=O)Cc1ccc2cc(N)ccc2n1)C(C)C. The maximum atomic E-state index is 12.2. The molecule has 0 saturated carbocycles. The zero-order valence-corrected chi connectivity index (χ0v) is 13.5. The first-order valence-electron chi connectivity index (χ1n) is 7.43. The van der Waals surface area contributed by atoms with Crippen molar-refractivity contribution >= 4 is 28.5 Å². The minimum atomic E-state index is -0.659. The van der Waals surface area contributed by atoms with Crippen LogP contribution in [0.4, 0.5) is 5.69 Å². The number of rotatable bonds is 5. The number of methoxy groups -OCH3 is 1. The first kappa shape index (κ1) is 16.7. The molecule has 1 aromatic carbocycles. The number of benzene rings is 1. The van der Waals surface area contributed by atoms with Gasteiger partial charge in [0.15, 0.2) is 0 Å². The van der Waals surface area contributed by atoms with Crippen LogP contribution in [0.25, 0.3) is 10.9 Å². The van der Waals surface area contributed by atoms with Gasteiger partial charge in [0, 0.05) is 11.1 Å². The Balaban J connectivity index is 2.10. The number of hydrogen-bond acceptors (Lipinski definition) is 5. The molecular formula is C17H21N3O3. The molecule has 0 fully saturated rings. The summed E-state index contributed by atoms with van der Waals surface area (Å²) in [5, 5.41) is 3.62. The number of esters is 1. The molecule has 0 aliphatic rings. The molecule has 122 valence electrons. The minimum absolute atomic E-state index is 0.0565. The van der Waals surface area contributed by atoms with Crippen molar-refractivity contribution < 1.29 is 14.3 Å². The Labute approximate surface area is 135 Å². The Morgan fingerprint density at radius 3 is 2.65 bits per heavy atom. The molecule has 1 heterocycles. The second-order valence-electron chi connectivity index (χ2n) is 5.74. The largest absolute Gasteiger partial charge is 0.467 e. The Kier molecular flexibility index (Phi) is 5.16. The highest BCUT2D eigenvalue weighted by atomic mass is 16.5. The number of nitrogens with zero attached hydrogens (tertiary/aromatic N) is 1. The number of ether oxygens (including phenoxy) is 1. The molecule has 0 spiro atoms. The van der Waals surface area contributed by atoms with Crippen LogP contribution >= 0.6 is 0 Å². The van der Waals surface area contributed by atoms with Gasteiger partial charge in [-0.05, 0) is 30.2 Å². The minimum Gasteiger partial charge on any atom is -0.467 e. The molecule has 6 heteroatoms. The molecule has 0 aliphatic carbocycles. The van der Waals surface area contributed by atoms with Gasteiger partial charge in [0.2, 0.25) is 5.91 Å². The number of nitrogens with one attached hydrogen (secondary N) is 1. The Hall–Kier alpha value is -2.63. The van der Waals surface area contributed by atoms with Crippen molar-refractivity contribution in [1.82, 2.24) is 10.3 Å². The summed E-state index contributed by atoms with van der Waals surface area (Å²) in [6.45, 7) is 3.70. The van der Waals surface area contributed by atoms with Gasteiger partial charge in [-0.25, -0.2) is 4.79 Å². The summed E-state index contributed by atoms with van der Waals surface area (Å²) < 4.78 is 4.71. The first-order valence-corrected chi connectivity index (χ1v) is 7.43. The van der Waals surface area contributed by atoms with E-state index < -0.39 is 12.0 Å². The Bertz CT molecular complexity index is 728. The number of hydrogen-bond donors (Lipinski definition) is 2. The normalized spacial score (nSPS) is 12.2. The Morgan fingerprint density at radius 1 is 1.26 bits per heavy atom. The summed E-state index contributed by atoms with van der Waals surface area (Å²) in [6, 6.07) is 8.42. The third kappa shape index (κ3) is 4.18. The molecular weight excluding hydrogens is 294 g/mol. The molecule has 6 nitrogen and oxygen atoms in total. The number of aromatic nitrogens is 1. The second kappa shape index (κ2) is 7.09. The van der Waals surface area contributed by atoms with Crippen LogP contribution in [-0.2, 0) is 20.7 Å². The van der Waals surface area contributed by atoms with Crippen LogP contribution in [0.3, 0.4) is 0 Å². The van der Waals surface area contributed by atoms with Crippen molar-refractivity contribution in [1.29, 1.82) is 0 Å². The van der Waals surface area contributed by atoms with Crippen molar-refractivity contribution in [2.75, 3.05) is 12.8 Å². The smallest absolute Gasteiger partial charge is 0.328 e. The molecule has 1 aromatic heterocycles. The lowest BCUT2D eigenvalue weighted by Crippen LogP contribution is -2.45. The van der Waals surface area contributed by atoms with Crippen LogP contribution in [0.1, 0.15) is 19.5 Å². The van der Waals surface area contributed by atoms with Gasteiger partial charge in [0.25, 0.3) is 0 Å². The number of carbonyl (C=O) groups excluding carboxylic acids is 2. The van der Waals surface area contributed by atoms with E-state index in [2.05, 4.69) is 10.3 Å². The molecule has 3 N–H and O–H groups in total. The van der Waals surface area contributed by atoms with Gasteiger partial charge in [0.1, 0.15) is 6.04 Å². The topological polar surface area (TPSA) is 94.3 Å². The third-order valence-electron chi connectivity index (χ3n) is 3.55. The molecule has 0 saturated heterocycles. The lowest BCUT2D eigenvalue weighted by Gasteiger charge is -2.19. The maximum absolute atomic E-state index is 12.2. The Morgan fingerprint density at radius 2 is 2.00 bits per heavy atom. The number of nitrogen functional groups attached to an aromatic ring is 1. The van der Waals surface area contributed by atoms with Crippen molar-refractivity contribution in [2.45, 2.75) is 26.3 Å². The second-order valence-corrected chi connectivity index (χ2v) is 5.74. The maximum Gasteiger partial charge on any atom is 0.328 e. The van der Waals surface area contributed by atoms with E-state index >= 15 is 0 Å². The van der Waals surface area contributed by atoms with Gasteiger partial charge in [-0.15, -0.1) is 0 Å². The molecule has 2 aromatic rings. The number of amides is 1. The van der Waals surface area contributed by atoms with Crippen LogP contribution in [-0.4, -0.2) is 30.0 Å². The van der Waals surface area contributed by atoms with Crippen LogP contribution < -0.4 is 11.1 Å². The van der Waals surface area contributed by atoms with Crippen LogP contribution in [0.5, 0.6) is 0 Å². The van der Waals surface area contributed by atoms with Gasteiger partial charge in [-0.3, -0.25) is 9.78 Å². The van der Waals surface area contributed by atoms with Crippen molar-refractivity contribution in [2.24, 2.45) is 5.92 Å². The number of anilines is 1. The fourth-order valence-corrected chi connectivity index (χ4v) is 2.30. The van der Waals surface area contributed by atoms with Gasteiger partial charge < -0.3 is 15.8 Å². The average Bonchev–Trinajstić information content (AvgIpc) is 2.51. The molecule has 0 radical (unpaired) electrons. The van der Waals surface area contributed by atoms with Gasteiger partial charge in [-0.1, -0.05) is 19.9 Å². The van der Waals surface area contributed by atoms with Gasteiger partial charge >= 0.3 is 5.97 Å². The summed E-state index contributed by atoms with van der Waals surface area (Å²) in [5.74, 6) is -0.773. The summed E-state index contributed by atoms with van der Waals surface area (Å²) in [6.07, 6.45) is 0.0977. The molecule has 0 aliphatic heterocycles. The molecule has 1 atom stereocenters. The van der Waals surface area contributed by atoms with Crippen LogP contribution in [0, 0.1) is 5.92 Å². The predicted molar refractivity (Wildman–Crippen MR) is 88.6 cm³/mol. The van der Waals surface area contributed by atoms with E-state index in [0.29, 0.717) is 11.4 Å². The van der Waals surface area contributed by atoms with Gasteiger partial charge in [-0.2, -0.15) is 0 Å². The fraction of sp³-hybridized carbons (Fsp3) is 0.353. The summed E-state index contributed by atoms with van der Waals surface area (Å²) in [7, 11) is 1.31. The zero-order chi connectivity index (χ0) is 17.0. The quantitative estimate of drug-likeness (QED) is 0.646. The van der Waals surface area contributed by atoms with Gasteiger partial charge in [0.05, 0.1) is 24.7 Å². The van der Waals surface area contributed by atoms with E-state index in [1.54, 1.807) is 12.1 Å². The standard InChI is InChI=1S/C17H21N3O3/c1-10(2)16(17(22)23-3)20-15(21)9-13-6-4-11-8-12(18)5-7-14(11)19-13/h4-8,10,16H,9,18H2,1-3H3,(H,20,21). The molecule has 1 amide bonds. The summed E-state index contributed by atoms with van der Waals surface area (Å²) in [4.78, 5) is 28.3.